The molecule has 0 saturated carbocycles. The van der Waals surface area contributed by atoms with Crippen LogP contribution in [0.5, 0.6) is 11.5 Å². The fourth-order valence-corrected chi connectivity index (χ4v) is 2.93. The highest BCUT2D eigenvalue weighted by atomic mass is 35.5. The molecular formula is C22H31Cl2NO3. The molecule has 0 spiro atoms. The first kappa shape index (κ1) is 24.6. The Kier molecular flexibility index (Phi) is 12.0. The summed E-state index contributed by atoms with van der Waals surface area (Å²) in [7, 11) is 0. The first-order valence-corrected chi connectivity index (χ1v) is 9.93. The lowest BCUT2D eigenvalue weighted by Gasteiger charge is -2.16. The summed E-state index contributed by atoms with van der Waals surface area (Å²) in [5, 5.41) is 3.97. The molecule has 0 radical (unpaired) electrons. The van der Waals surface area contributed by atoms with Gasteiger partial charge in [-0.15, -0.1) is 12.4 Å². The van der Waals surface area contributed by atoms with Gasteiger partial charge in [0.1, 0.15) is 6.61 Å². The Morgan fingerprint density at radius 2 is 1.71 bits per heavy atom. The number of aryl methyl sites for hydroxylation is 1. The Morgan fingerprint density at radius 3 is 2.39 bits per heavy atom. The zero-order valence-electron chi connectivity index (χ0n) is 16.9. The van der Waals surface area contributed by atoms with Crippen molar-refractivity contribution in [2.24, 2.45) is 0 Å². The van der Waals surface area contributed by atoms with Crippen LogP contribution in [0.4, 0.5) is 0 Å². The summed E-state index contributed by atoms with van der Waals surface area (Å²) < 4.78 is 17.1. The fourth-order valence-electron chi connectivity index (χ4n) is 2.64. The van der Waals surface area contributed by atoms with Gasteiger partial charge in [0.2, 0.25) is 0 Å². The molecule has 0 fully saturated rings. The molecule has 28 heavy (non-hydrogen) atoms. The van der Waals surface area contributed by atoms with Crippen LogP contribution < -0.4 is 14.8 Å². The molecule has 6 heteroatoms. The van der Waals surface area contributed by atoms with Crippen molar-refractivity contribution in [3.05, 3.63) is 58.1 Å². The lowest BCUT2D eigenvalue weighted by atomic mass is 10.1. The third-order valence-electron chi connectivity index (χ3n) is 4.05. The van der Waals surface area contributed by atoms with Crippen LogP contribution in [0.1, 0.15) is 37.0 Å². The number of benzene rings is 2. The van der Waals surface area contributed by atoms with E-state index >= 15 is 0 Å². The van der Waals surface area contributed by atoms with Crippen molar-refractivity contribution in [1.82, 2.24) is 5.32 Å². The summed E-state index contributed by atoms with van der Waals surface area (Å²) in [6.45, 7) is 10.2. The van der Waals surface area contributed by atoms with Crippen LogP contribution in [0.15, 0.2) is 36.4 Å². The molecule has 2 rings (SSSR count). The van der Waals surface area contributed by atoms with Crippen molar-refractivity contribution in [1.29, 1.82) is 0 Å². The van der Waals surface area contributed by atoms with Gasteiger partial charge in [0.25, 0.3) is 0 Å². The predicted molar refractivity (Wildman–Crippen MR) is 118 cm³/mol. The molecule has 0 saturated heterocycles. The Bertz CT molecular complexity index is 693. The van der Waals surface area contributed by atoms with E-state index < -0.39 is 0 Å². The number of nitrogens with one attached hydrogen (secondary N) is 1. The summed E-state index contributed by atoms with van der Waals surface area (Å²) in [6, 6.07) is 12.2. The second-order valence-electron chi connectivity index (χ2n) is 6.34. The van der Waals surface area contributed by atoms with E-state index in [0.29, 0.717) is 29.7 Å². The average Bonchev–Trinajstić information content (AvgIpc) is 2.65. The standard InChI is InChI=1S/C22H30ClNO3.ClH/c1-4-25-12-6-11-24-15-19-13-20(23)22(21(14-19)26-5-2)27-16-18-9-7-17(3)8-10-18;/h7-10,13-14,24H,4-6,11-12,15-16H2,1-3H3;1H. The van der Waals surface area contributed by atoms with Crippen LogP contribution in [-0.4, -0.2) is 26.4 Å². The third kappa shape index (κ3) is 8.27. The van der Waals surface area contributed by atoms with Crippen molar-refractivity contribution in [2.45, 2.75) is 40.3 Å². The number of halogens is 2. The van der Waals surface area contributed by atoms with E-state index in [1.807, 2.05) is 26.0 Å². The summed E-state index contributed by atoms with van der Waals surface area (Å²) in [5.41, 5.74) is 3.39. The summed E-state index contributed by atoms with van der Waals surface area (Å²) in [4.78, 5) is 0. The monoisotopic (exact) mass is 427 g/mol. The van der Waals surface area contributed by atoms with Gasteiger partial charge < -0.3 is 19.5 Å². The van der Waals surface area contributed by atoms with E-state index in [4.69, 9.17) is 25.8 Å². The van der Waals surface area contributed by atoms with E-state index in [1.165, 1.54) is 5.56 Å². The van der Waals surface area contributed by atoms with Crippen LogP contribution in [0, 0.1) is 6.92 Å². The maximum Gasteiger partial charge on any atom is 0.180 e. The molecule has 0 aromatic heterocycles. The quantitative estimate of drug-likeness (QED) is 0.449. The second kappa shape index (κ2) is 13.7. The summed E-state index contributed by atoms with van der Waals surface area (Å²) >= 11 is 6.49. The van der Waals surface area contributed by atoms with E-state index in [0.717, 1.165) is 43.9 Å². The highest BCUT2D eigenvalue weighted by molar-refractivity contribution is 6.32. The van der Waals surface area contributed by atoms with Gasteiger partial charge in [-0.25, -0.2) is 0 Å². The maximum absolute atomic E-state index is 6.49. The summed E-state index contributed by atoms with van der Waals surface area (Å²) in [5.74, 6) is 1.28. The van der Waals surface area contributed by atoms with Crippen molar-refractivity contribution < 1.29 is 14.2 Å². The van der Waals surface area contributed by atoms with E-state index in [1.54, 1.807) is 0 Å². The van der Waals surface area contributed by atoms with Crippen molar-refractivity contribution in [3.63, 3.8) is 0 Å². The van der Waals surface area contributed by atoms with Crippen LogP contribution >= 0.6 is 24.0 Å². The molecular weight excluding hydrogens is 397 g/mol. The molecule has 0 bridgehead atoms. The van der Waals surface area contributed by atoms with E-state index in [9.17, 15) is 0 Å². The number of hydrogen-bond donors (Lipinski definition) is 1. The van der Waals surface area contributed by atoms with E-state index in [-0.39, 0.29) is 12.4 Å². The van der Waals surface area contributed by atoms with Crippen LogP contribution in [0.25, 0.3) is 0 Å². The molecule has 4 nitrogen and oxygen atoms in total. The zero-order valence-corrected chi connectivity index (χ0v) is 18.5. The average molecular weight is 428 g/mol. The summed E-state index contributed by atoms with van der Waals surface area (Å²) in [6.07, 6.45) is 0.984. The van der Waals surface area contributed by atoms with Gasteiger partial charge in [-0.1, -0.05) is 41.4 Å². The number of hydrogen-bond acceptors (Lipinski definition) is 4. The first-order valence-electron chi connectivity index (χ1n) is 9.56. The fraction of sp³-hybridized carbons (Fsp3) is 0.455. The molecule has 2 aromatic rings. The first-order chi connectivity index (χ1) is 13.1. The molecule has 2 aromatic carbocycles. The highest BCUT2D eigenvalue weighted by Gasteiger charge is 2.13. The minimum atomic E-state index is 0. The van der Waals surface area contributed by atoms with Crippen LogP contribution in [0.2, 0.25) is 5.02 Å². The Hall–Kier alpha value is -1.46. The van der Waals surface area contributed by atoms with Gasteiger partial charge >= 0.3 is 0 Å². The van der Waals surface area contributed by atoms with Crippen LogP contribution in [-0.2, 0) is 17.9 Å². The van der Waals surface area contributed by atoms with Crippen LogP contribution in [0.3, 0.4) is 0 Å². The van der Waals surface area contributed by atoms with Gasteiger partial charge in [-0.3, -0.25) is 0 Å². The number of ether oxygens (including phenoxy) is 3. The SMILES string of the molecule is CCOCCCNCc1cc(Cl)c(OCc2ccc(C)cc2)c(OCC)c1.Cl. The topological polar surface area (TPSA) is 39.7 Å². The predicted octanol–water partition coefficient (Wildman–Crippen LogP) is 5.56. The lowest BCUT2D eigenvalue weighted by Crippen LogP contribution is -2.16. The Balaban J connectivity index is 0.00000392. The van der Waals surface area contributed by atoms with E-state index in [2.05, 4.69) is 36.5 Å². The van der Waals surface area contributed by atoms with Gasteiger partial charge in [0.05, 0.1) is 11.6 Å². The smallest absolute Gasteiger partial charge is 0.180 e. The lowest BCUT2D eigenvalue weighted by molar-refractivity contribution is 0.144. The largest absolute Gasteiger partial charge is 0.490 e. The van der Waals surface area contributed by atoms with Gasteiger partial charge in [-0.2, -0.15) is 0 Å². The minimum absolute atomic E-state index is 0. The Morgan fingerprint density at radius 1 is 0.964 bits per heavy atom. The second-order valence-corrected chi connectivity index (χ2v) is 6.75. The van der Waals surface area contributed by atoms with Crippen molar-refractivity contribution in [3.8, 4) is 11.5 Å². The van der Waals surface area contributed by atoms with Crippen molar-refractivity contribution >= 4 is 24.0 Å². The molecule has 0 aliphatic heterocycles. The Labute approximate surface area is 179 Å². The normalized spacial score (nSPS) is 10.4. The molecule has 0 aliphatic carbocycles. The third-order valence-corrected chi connectivity index (χ3v) is 4.33. The molecule has 0 amide bonds. The molecule has 1 N–H and O–H groups in total. The van der Waals surface area contributed by atoms with Gasteiger partial charge in [0, 0.05) is 19.8 Å². The highest BCUT2D eigenvalue weighted by Crippen LogP contribution is 2.37. The van der Waals surface area contributed by atoms with Crippen molar-refractivity contribution in [2.75, 3.05) is 26.4 Å². The van der Waals surface area contributed by atoms with Gasteiger partial charge in [-0.05, 0) is 57.0 Å². The zero-order chi connectivity index (χ0) is 19.5. The van der Waals surface area contributed by atoms with Gasteiger partial charge in [0.15, 0.2) is 11.5 Å². The molecule has 0 unspecified atom stereocenters. The molecule has 0 atom stereocenters. The maximum atomic E-state index is 6.49. The molecule has 156 valence electrons. The molecule has 0 aliphatic rings. The number of rotatable bonds is 12. The molecule has 0 heterocycles. The minimum Gasteiger partial charge on any atom is -0.490 e.